The largest absolute Gasteiger partial charge is 0.348 e. The molecule has 1 aromatic rings. The summed E-state index contributed by atoms with van der Waals surface area (Å²) in [5.74, 6) is -0.421. The number of carbonyl (C=O) groups excluding carboxylic acids is 2. The van der Waals surface area contributed by atoms with E-state index < -0.39 is 9.84 Å². The molecule has 0 saturated carbocycles. The molecular formula is C16H22N2O4S. The summed E-state index contributed by atoms with van der Waals surface area (Å²) in [6, 6.07) is 5.96. The molecule has 0 radical (unpaired) electrons. The summed E-state index contributed by atoms with van der Waals surface area (Å²) in [6.45, 7) is 5.67. The van der Waals surface area contributed by atoms with Crippen LogP contribution in [0, 0.1) is 0 Å². The molecule has 0 bridgehead atoms. The highest BCUT2D eigenvalue weighted by molar-refractivity contribution is 7.91. The minimum Gasteiger partial charge on any atom is -0.348 e. The molecule has 2 amide bonds. The van der Waals surface area contributed by atoms with Crippen molar-refractivity contribution < 1.29 is 18.0 Å². The Hall–Kier alpha value is -1.89. The second-order valence-electron chi connectivity index (χ2n) is 6.85. The summed E-state index contributed by atoms with van der Waals surface area (Å²) in [7, 11) is -3.03. The van der Waals surface area contributed by atoms with Gasteiger partial charge in [-0.05, 0) is 51.5 Å². The average molecular weight is 338 g/mol. The van der Waals surface area contributed by atoms with Crippen LogP contribution in [0.25, 0.3) is 0 Å². The van der Waals surface area contributed by atoms with Crippen LogP contribution in [-0.2, 0) is 9.84 Å². The van der Waals surface area contributed by atoms with Gasteiger partial charge in [-0.25, -0.2) is 8.42 Å². The van der Waals surface area contributed by atoms with Crippen molar-refractivity contribution in [1.82, 2.24) is 10.6 Å². The zero-order chi connectivity index (χ0) is 17.3. The molecule has 1 saturated heterocycles. The van der Waals surface area contributed by atoms with Crippen LogP contribution in [0.15, 0.2) is 24.3 Å². The number of benzene rings is 1. The third-order valence-corrected chi connectivity index (χ3v) is 5.23. The van der Waals surface area contributed by atoms with Gasteiger partial charge in [0.1, 0.15) is 0 Å². The van der Waals surface area contributed by atoms with E-state index >= 15 is 0 Å². The molecule has 2 rings (SSSR count). The summed E-state index contributed by atoms with van der Waals surface area (Å²) in [6.07, 6.45) is 0.445. The Morgan fingerprint density at radius 2 is 1.57 bits per heavy atom. The Balaban J connectivity index is 1.99. The van der Waals surface area contributed by atoms with E-state index in [2.05, 4.69) is 10.6 Å². The van der Waals surface area contributed by atoms with Gasteiger partial charge >= 0.3 is 0 Å². The van der Waals surface area contributed by atoms with Crippen molar-refractivity contribution in [2.45, 2.75) is 38.8 Å². The molecule has 0 aliphatic carbocycles. The van der Waals surface area contributed by atoms with E-state index in [9.17, 15) is 18.0 Å². The van der Waals surface area contributed by atoms with Gasteiger partial charge < -0.3 is 10.6 Å². The Kier molecular flexibility index (Phi) is 4.79. The SMILES string of the molecule is CC(C)(C)NC(=O)c1ccc(C(=O)NC2CCS(=O)(=O)C2)cc1. The molecule has 1 aliphatic rings. The van der Waals surface area contributed by atoms with Gasteiger partial charge in [-0.2, -0.15) is 0 Å². The number of hydrogen-bond acceptors (Lipinski definition) is 4. The first-order valence-corrected chi connectivity index (χ1v) is 9.32. The fourth-order valence-corrected chi connectivity index (χ4v) is 4.04. The van der Waals surface area contributed by atoms with Crippen molar-refractivity contribution >= 4 is 21.7 Å². The molecule has 126 valence electrons. The van der Waals surface area contributed by atoms with Crippen LogP contribution in [0.4, 0.5) is 0 Å². The maximum atomic E-state index is 12.1. The molecule has 1 unspecified atom stereocenters. The van der Waals surface area contributed by atoms with E-state index in [1.165, 1.54) is 0 Å². The second-order valence-corrected chi connectivity index (χ2v) is 9.08. The summed E-state index contributed by atoms with van der Waals surface area (Å²) in [5, 5.41) is 5.56. The lowest BCUT2D eigenvalue weighted by molar-refractivity contribution is 0.0913. The lowest BCUT2D eigenvalue weighted by Crippen LogP contribution is -2.40. The molecule has 0 aromatic heterocycles. The van der Waals surface area contributed by atoms with Crippen LogP contribution in [-0.4, -0.2) is 43.3 Å². The molecule has 1 aromatic carbocycles. The van der Waals surface area contributed by atoms with Crippen molar-refractivity contribution in [3.05, 3.63) is 35.4 Å². The molecule has 2 N–H and O–H groups in total. The zero-order valence-electron chi connectivity index (χ0n) is 13.5. The molecule has 6 nitrogen and oxygen atoms in total. The Bertz CT molecular complexity index is 703. The van der Waals surface area contributed by atoms with E-state index in [1.54, 1.807) is 24.3 Å². The van der Waals surface area contributed by atoms with Gasteiger partial charge in [0.15, 0.2) is 9.84 Å². The average Bonchev–Trinajstić information content (AvgIpc) is 2.76. The first kappa shape index (κ1) is 17.5. The Morgan fingerprint density at radius 1 is 1.04 bits per heavy atom. The van der Waals surface area contributed by atoms with Crippen LogP contribution >= 0.6 is 0 Å². The van der Waals surface area contributed by atoms with Gasteiger partial charge in [-0.3, -0.25) is 9.59 Å². The maximum absolute atomic E-state index is 12.1. The van der Waals surface area contributed by atoms with Crippen molar-refractivity contribution in [3.63, 3.8) is 0 Å². The Morgan fingerprint density at radius 3 is 2.00 bits per heavy atom. The number of rotatable bonds is 3. The van der Waals surface area contributed by atoms with Crippen LogP contribution < -0.4 is 10.6 Å². The van der Waals surface area contributed by atoms with E-state index in [-0.39, 0.29) is 34.9 Å². The smallest absolute Gasteiger partial charge is 0.251 e. The monoisotopic (exact) mass is 338 g/mol. The number of sulfone groups is 1. The molecule has 1 aliphatic heterocycles. The van der Waals surface area contributed by atoms with E-state index in [0.29, 0.717) is 17.5 Å². The van der Waals surface area contributed by atoms with Crippen molar-refractivity contribution in [3.8, 4) is 0 Å². The van der Waals surface area contributed by atoms with Gasteiger partial charge in [-0.1, -0.05) is 0 Å². The number of nitrogens with one attached hydrogen (secondary N) is 2. The summed E-state index contributed by atoms with van der Waals surface area (Å²) < 4.78 is 22.8. The predicted molar refractivity (Wildman–Crippen MR) is 88.2 cm³/mol. The molecule has 1 fully saturated rings. The lowest BCUT2D eigenvalue weighted by Gasteiger charge is -2.20. The maximum Gasteiger partial charge on any atom is 0.251 e. The van der Waals surface area contributed by atoms with E-state index in [0.717, 1.165) is 0 Å². The van der Waals surface area contributed by atoms with Gasteiger partial charge in [0.2, 0.25) is 0 Å². The van der Waals surface area contributed by atoms with Gasteiger partial charge in [0.05, 0.1) is 11.5 Å². The highest BCUT2D eigenvalue weighted by atomic mass is 32.2. The summed E-state index contributed by atoms with van der Waals surface area (Å²) in [4.78, 5) is 24.1. The van der Waals surface area contributed by atoms with Crippen molar-refractivity contribution in [2.75, 3.05) is 11.5 Å². The fraction of sp³-hybridized carbons (Fsp3) is 0.500. The molecule has 0 spiro atoms. The zero-order valence-corrected chi connectivity index (χ0v) is 14.4. The number of amides is 2. The van der Waals surface area contributed by atoms with Gasteiger partial charge in [0, 0.05) is 22.7 Å². The third kappa shape index (κ3) is 5.06. The minimum atomic E-state index is -3.03. The lowest BCUT2D eigenvalue weighted by atomic mass is 10.1. The quantitative estimate of drug-likeness (QED) is 0.864. The standard InChI is InChI=1S/C16H22N2O4S/c1-16(2,3)18-15(20)12-6-4-11(5-7-12)14(19)17-13-8-9-23(21,22)10-13/h4-7,13H,8-10H2,1-3H3,(H,17,19)(H,18,20). The predicted octanol–water partition coefficient (Wildman–Crippen LogP) is 1.13. The number of hydrogen-bond donors (Lipinski definition) is 2. The highest BCUT2D eigenvalue weighted by Crippen LogP contribution is 2.13. The second kappa shape index (κ2) is 6.31. The normalized spacial score (nSPS) is 20.0. The third-order valence-electron chi connectivity index (χ3n) is 3.47. The van der Waals surface area contributed by atoms with Crippen LogP contribution in [0.5, 0.6) is 0 Å². The Labute approximate surface area is 136 Å². The summed E-state index contributed by atoms with van der Waals surface area (Å²) >= 11 is 0. The highest BCUT2D eigenvalue weighted by Gasteiger charge is 2.29. The number of carbonyl (C=O) groups is 2. The van der Waals surface area contributed by atoms with Crippen LogP contribution in [0.1, 0.15) is 47.9 Å². The van der Waals surface area contributed by atoms with Crippen molar-refractivity contribution in [1.29, 1.82) is 0 Å². The first-order chi connectivity index (χ1) is 10.6. The van der Waals surface area contributed by atoms with E-state index in [4.69, 9.17) is 0 Å². The van der Waals surface area contributed by atoms with Gasteiger partial charge in [-0.15, -0.1) is 0 Å². The minimum absolute atomic E-state index is 0.00911. The summed E-state index contributed by atoms with van der Waals surface area (Å²) in [5.41, 5.74) is 0.544. The molecule has 7 heteroatoms. The first-order valence-electron chi connectivity index (χ1n) is 7.50. The van der Waals surface area contributed by atoms with Crippen LogP contribution in [0.2, 0.25) is 0 Å². The molecule has 1 atom stereocenters. The fourth-order valence-electron chi connectivity index (χ4n) is 2.36. The molecule has 1 heterocycles. The van der Waals surface area contributed by atoms with Gasteiger partial charge in [0.25, 0.3) is 11.8 Å². The topological polar surface area (TPSA) is 92.3 Å². The van der Waals surface area contributed by atoms with E-state index in [1.807, 2.05) is 20.8 Å². The van der Waals surface area contributed by atoms with Crippen molar-refractivity contribution in [2.24, 2.45) is 0 Å². The molecular weight excluding hydrogens is 316 g/mol. The molecule has 23 heavy (non-hydrogen) atoms. The van der Waals surface area contributed by atoms with Crippen LogP contribution in [0.3, 0.4) is 0 Å².